The van der Waals surface area contributed by atoms with E-state index in [9.17, 15) is 0 Å². The van der Waals surface area contributed by atoms with Crippen LogP contribution in [0.25, 0.3) is 11.4 Å². The zero-order valence-corrected chi connectivity index (χ0v) is 13.8. The van der Waals surface area contributed by atoms with Crippen LogP contribution in [0.3, 0.4) is 0 Å². The van der Waals surface area contributed by atoms with Crippen LogP contribution in [0, 0.1) is 11.3 Å². The molecule has 6 nitrogen and oxygen atoms in total. The summed E-state index contributed by atoms with van der Waals surface area (Å²) in [5, 5.41) is 17.8. The van der Waals surface area contributed by atoms with Crippen LogP contribution in [0.2, 0.25) is 0 Å². The standard InChI is InChI=1S/C17H15N5OS/c1-23-15-8-6-14(7-9-15)16-20-21-17(22(16)19)24-11-13-4-2-12(10-18)3-5-13/h2-9H,11,19H2,1H3. The van der Waals surface area contributed by atoms with Gasteiger partial charge in [-0.2, -0.15) is 5.26 Å². The van der Waals surface area contributed by atoms with Crippen molar-refractivity contribution in [3.05, 3.63) is 59.7 Å². The maximum atomic E-state index is 8.82. The second kappa shape index (κ2) is 7.06. The summed E-state index contributed by atoms with van der Waals surface area (Å²) in [5.41, 5.74) is 2.61. The van der Waals surface area contributed by atoms with Crippen LogP contribution in [0.1, 0.15) is 11.1 Å². The molecule has 24 heavy (non-hydrogen) atoms. The topological polar surface area (TPSA) is 89.8 Å². The first kappa shape index (κ1) is 15.9. The predicted octanol–water partition coefficient (Wildman–Crippen LogP) is 2.83. The quantitative estimate of drug-likeness (QED) is 0.569. The van der Waals surface area contributed by atoms with Gasteiger partial charge < -0.3 is 10.6 Å². The molecule has 0 amide bonds. The first-order valence-electron chi connectivity index (χ1n) is 7.18. The Morgan fingerprint density at radius 3 is 2.46 bits per heavy atom. The lowest BCUT2D eigenvalue weighted by atomic mass is 10.2. The van der Waals surface area contributed by atoms with Crippen molar-refractivity contribution in [2.75, 3.05) is 13.0 Å². The van der Waals surface area contributed by atoms with E-state index in [1.54, 1.807) is 19.2 Å². The van der Waals surface area contributed by atoms with Gasteiger partial charge in [0, 0.05) is 11.3 Å². The van der Waals surface area contributed by atoms with E-state index in [1.807, 2.05) is 36.4 Å². The lowest BCUT2D eigenvalue weighted by Crippen LogP contribution is -2.11. The molecule has 0 atom stereocenters. The van der Waals surface area contributed by atoms with Gasteiger partial charge in [0.15, 0.2) is 5.82 Å². The second-order valence-corrected chi connectivity index (χ2v) is 5.94. The predicted molar refractivity (Wildman–Crippen MR) is 92.9 cm³/mol. The third-order valence-corrected chi connectivity index (χ3v) is 4.48. The summed E-state index contributed by atoms with van der Waals surface area (Å²) in [5.74, 6) is 8.18. The number of methoxy groups -OCH3 is 1. The summed E-state index contributed by atoms with van der Waals surface area (Å²) in [6, 6.07) is 17.0. The first-order valence-corrected chi connectivity index (χ1v) is 8.16. The molecule has 120 valence electrons. The summed E-state index contributed by atoms with van der Waals surface area (Å²) in [6.07, 6.45) is 0. The molecule has 0 saturated carbocycles. The number of benzene rings is 2. The lowest BCUT2D eigenvalue weighted by Gasteiger charge is -2.05. The highest BCUT2D eigenvalue weighted by atomic mass is 32.2. The molecule has 0 aliphatic heterocycles. The average Bonchev–Trinajstić information content (AvgIpc) is 3.01. The van der Waals surface area contributed by atoms with E-state index in [0.29, 0.717) is 22.3 Å². The zero-order chi connectivity index (χ0) is 16.9. The van der Waals surface area contributed by atoms with E-state index >= 15 is 0 Å². The molecule has 2 aromatic carbocycles. The Morgan fingerprint density at radius 2 is 1.83 bits per heavy atom. The number of nitrogens with two attached hydrogens (primary N) is 1. The van der Waals surface area contributed by atoms with Gasteiger partial charge in [-0.15, -0.1) is 10.2 Å². The van der Waals surface area contributed by atoms with E-state index in [1.165, 1.54) is 16.4 Å². The van der Waals surface area contributed by atoms with Gasteiger partial charge in [-0.05, 0) is 42.0 Å². The van der Waals surface area contributed by atoms with Gasteiger partial charge in [0.1, 0.15) is 5.75 Å². The number of nitrogens with zero attached hydrogens (tertiary/aromatic N) is 4. The van der Waals surface area contributed by atoms with Gasteiger partial charge in [-0.1, -0.05) is 23.9 Å². The number of rotatable bonds is 5. The van der Waals surface area contributed by atoms with Crippen molar-refractivity contribution in [2.24, 2.45) is 0 Å². The van der Waals surface area contributed by atoms with Gasteiger partial charge in [0.2, 0.25) is 5.16 Å². The summed E-state index contributed by atoms with van der Waals surface area (Å²) in [7, 11) is 1.62. The highest BCUT2D eigenvalue weighted by Crippen LogP contribution is 2.25. The molecule has 7 heteroatoms. The molecule has 0 aliphatic rings. The Morgan fingerprint density at radius 1 is 1.12 bits per heavy atom. The molecule has 0 bridgehead atoms. The Kier molecular flexibility index (Phi) is 4.68. The summed E-state index contributed by atoms with van der Waals surface area (Å²) >= 11 is 1.49. The first-order chi connectivity index (χ1) is 11.7. The molecule has 2 N–H and O–H groups in total. The summed E-state index contributed by atoms with van der Waals surface area (Å²) in [4.78, 5) is 0. The molecule has 0 spiro atoms. The Hall–Kier alpha value is -2.98. The molecule has 0 saturated heterocycles. The molecule has 1 aromatic heterocycles. The van der Waals surface area contributed by atoms with Crippen LogP contribution in [0.4, 0.5) is 0 Å². The lowest BCUT2D eigenvalue weighted by molar-refractivity contribution is 0.415. The van der Waals surface area contributed by atoms with Crippen LogP contribution >= 0.6 is 11.8 Å². The third-order valence-electron chi connectivity index (χ3n) is 3.46. The van der Waals surface area contributed by atoms with Crippen LogP contribution in [-0.4, -0.2) is 22.0 Å². The number of aromatic nitrogens is 3. The molecule has 3 rings (SSSR count). The van der Waals surface area contributed by atoms with Crippen molar-refractivity contribution in [2.45, 2.75) is 10.9 Å². The van der Waals surface area contributed by atoms with Gasteiger partial charge in [0.05, 0.1) is 18.7 Å². The van der Waals surface area contributed by atoms with E-state index in [-0.39, 0.29) is 0 Å². The highest BCUT2D eigenvalue weighted by Gasteiger charge is 2.12. The van der Waals surface area contributed by atoms with Crippen molar-refractivity contribution in [1.82, 2.24) is 14.9 Å². The number of ether oxygens (including phenoxy) is 1. The van der Waals surface area contributed by atoms with E-state index in [4.69, 9.17) is 15.8 Å². The van der Waals surface area contributed by atoms with Crippen LogP contribution in [0.5, 0.6) is 5.75 Å². The zero-order valence-electron chi connectivity index (χ0n) is 13.0. The number of hydrogen-bond acceptors (Lipinski definition) is 6. The van der Waals surface area contributed by atoms with Crippen molar-refractivity contribution >= 4 is 11.8 Å². The monoisotopic (exact) mass is 337 g/mol. The maximum absolute atomic E-state index is 8.82. The fraction of sp³-hybridized carbons (Fsp3) is 0.118. The minimum Gasteiger partial charge on any atom is -0.497 e. The molecule has 0 aliphatic carbocycles. The molecular formula is C17H15N5OS. The molecule has 1 heterocycles. The van der Waals surface area contributed by atoms with Gasteiger partial charge in [-0.3, -0.25) is 0 Å². The van der Waals surface area contributed by atoms with Crippen molar-refractivity contribution in [3.8, 4) is 23.2 Å². The van der Waals surface area contributed by atoms with E-state index < -0.39 is 0 Å². The molecule has 3 aromatic rings. The normalized spacial score (nSPS) is 10.3. The fourth-order valence-electron chi connectivity index (χ4n) is 2.14. The smallest absolute Gasteiger partial charge is 0.210 e. The maximum Gasteiger partial charge on any atom is 0.210 e. The highest BCUT2D eigenvalue weighted by molar-refractivity contribution is 7.98. The number of nitrogen functional groups attached to an aromatic ring is 1. The number of hydrogen-bond donors (Lipinski definition) is 1. The van der Waals surface area contributed by atoms with Crippen LogP contribution in [0.15, 0.2) is 53.7 Å². The van der Waals surface area contributed by atoms with E-state index in [0.717, 1.165) is 16.9 Å². The SMILES string of the molecule is COc1ccc(-c2nnc(SCc3ccc(C#N)cc3)n2N)cc1. The largest absolute Gasteiger partial charge is 0.497 e. The second-order valence-electron chi connectivity index (χ2n) is 5.00. The molecular weight excluding hydrogens is 322 g/mol. The van der Waals surface area contributed by atoms with Crippen LogP contribution < -0.4 is 10.6 Å². The molecule has 0 radical (unpaired) electrons. The molecule has 0 fully saturated rings. The Bertz CT molecular complexity index is 865. The summed E-state index contributed by atoms with van der Waals surface area (Å²) in [6.45, 7) is 0. The van der Waals surface area contributed by atoms with Gasteiger partial charge in [0.25, 0.3) is 0 Å². The van der Waals surface area contributed by atoms with Crippen molar-refractivity contribution in [3.63, 3.8) is 0 Å². The van der Waals surface area contributed by atoms with E-state index in [2.05, 4.69) is 16.3 Å². The van der Waals surface area contributed by atoms with Crippen molar-refractivity contribution in [1.29, 1.82) is 5.26 Å². The molecule has 0 unspecified atom stereocenters. The summed E-state index contributed by atoms with van der Waals surface area (Å²) < 4.78 is 6.63. The Labute approximate surface area is 143 Å². The fourth-order valence-corrected chi connectivity index (χ4v) is 2.95. The average molecular weight is 337 g/mol. The number of nitriles is 1. The minimum atomic E-state index is 0.597. The third kappa shape index (κ3) is 3.34. The van der Waals surface area contributed by atoms with Crippen molar-refractivity contribution < 1.29 is 4.74 Å². The van der Waals surface area contributed by atoms with Gasteiger partial charge in [-0.25, -0.2) is 4.68 Å². The number of thioether (sulfide) groups is 1. The Balaban J connectivity index is 1.73. The van der Waals surface area contributed by atoms with Gasteiger partial charge >= 0.3 is 0 Å². The van der Waals surface area contributed by atoms with Crippen LogP contribution in [-0.2, 0) is 5.75 Å². The minimum absolute atomic E-state index is 0.597.